The molecule has 0 aromatic rings. The lowest BCUT2D eigenvalue weighted by Gasteiger charge is -2.27. The second-order valence-corrected chi connectivity index (χ2v) is 4.33. The molecule has 0 amide bonds. The van der Waals surface area contributed by atoms with E-state index in [1.54, 1.807) is 0 Å². The molecule has 1 atom stereocenters. The molecule has 0 aliphatic rings. The van der Waals surface area contributed by atoms with Crippen LogP contribution >= 0.6 is 0 Å². The second-order valence-electron chi connectivity index (χ2n) is 4.33. The van der Waals surface area contributed by atoms with Crippen molar-refractivity contribution in [1.29, 1.82) is 5.26 Å². The van der Waals surface area contributed by atoms with Crippen LogP contribution in [0.1, 0.15) is 47.0 Å². The average Bonchev–Trinajstić information content (AvgIpc) is 2.16. The van der Waals surface area contributed by atoms with Gasteiger partial charge in [-0.25, -0.2) is 0 Å². The molecule has 0 spiro atoms. The number of rotatable bonds is 7. The van der Waals surface area contributed by atoms with Crippen molar-refractivity contribution in [3.05, 3.63) is 0 Å². The summed E-state index contributed by atoms with van der Waals surface area (Å²) in [6, 6.07) is 2.86. The van der Waals surface area contributed by atoms with Crippen molar-refractivity contribution in [1.82, 2.24) is 4.90 Å². The Morgan fingerprint density at radius 1 is 1.21 bits per heavy atom. The van der Waals surface area contributed by atoms with Crippen LogP contribution in [-0.2, 0) is 0 Å². The van der Waals surface area contributed by atoms with Gasteiger partial charge in [-0.15, -0.1) is 0 Å². The Kier molecular flexibility index (Phi) is 7.51. The van der Waals surface area contributed by atoms with Gasteiger partial charge in [0.1, 0.15) is 0 Å². The first kappa shape index (κ1) is 13.4. The molecule has 14 heavy (non-hydrogen) atoms. The third kappa shape index (κ3) is 5.99. The standard InChI is InChI=1S/C12H24N2/c1-5-6-7-8-14(11(2)3)10-12(4)9-13/h11-12H,5-8,10H2,1-4H3. The molecular weight excluding hydrogens is 172 g/mol. The van der Waals surface area contributed by atoms with E-state index in [1.165, 1.54) is 19.3 Å². The predicted octanol–water partition coefficient (Wildman–Crippen LogP) is 3.05. The summed E-state index contributed by atoms with van der Waals surface area (Å²) in [5.41, 5.74) is 0. The zero-order valence-corrected chi connectivity index (χ0v) is 10.1. The lowest BCUT2D eigenvalue weighted by molar-refractivity contribution is 0.202. The summed E-state index contributed by atoms with van der Waals surface area (Å²) < 4.78 is 0. The highest BCUT2D eigenvalue weighted by atomic mass is 15.1. The van der Waals surface area contributed by atoms with Crippen molar-refractivity contribution < 1.29 is 0 Å². The van der Waals surface area contributed by atoms with Crippen molar-refractivity contribution in [3.63, 3.8) is 0 Å². The molecule has 0 radical (unpaired) electrons. The normalized spacial score (nSPS) is 13.2. The van der Waals surface area contributed by atoms with Crippen LogP contribution in [0.3, 0.4) is 0 Å². The fourth-order valence-electron chi connectivity index (χ4n) is 1.52. The summed E-state index contributed by atoms with van der Waals surface area (Å²) in [6.07, 6.45) is 3.82. The van der Waals surface area contributed by atoms with E-state index in [-0.39, 0.29) is 5.92 Å². The highest BCUT2D eigenvalue weighted by Gasteiger charge is 2.12. The van der Waals surface area contributed by atoms with Crippen LogP contribution in [-0.4, -0.2) is 24.0 Å². The highest BCUT2D eigenvalue weighted by molar-refractivity contribution is 4.82. The molecule has 0 bridgehead atoms. The van der Waals surface area contributed by atoms with Gasteiger partial charge in [-0.1, -0.05) is 19.8 Å². The Bertz CT molecular complexity index is 170. The molecule has 2 nitrogen and oxygen atoms in total. The molecule has 0 aromatic heterocycles. The monoisotopic (exact) mass is 196 g/mol. The van der Waals surface area contributed by atoms with Gasteiger partial charge >= 0.3 is 0 Å². The number of nitriles is 1. The van der Waals surface area contributed by atoms with E-state index in [0.717, 1.165) is 13.1 Å². The maximum atomic E-state index is 8.76. The lowest BCUT2D eigenvalue weighted by Crippen LogP contribution is -2.35. The molecule has 0 rings (SSSR count). The van der Waals surface area contributed by atoms with Crippen LogP contribution in [0.4, 0.5) is 0 Å². The number of unbranched alkanes of at least 4 members (excludes halogenated alkanes) is 2. The molecule has 2 heteroatoms. The maximum Gasteiger partial charge on any atom is 0.0666 e. The molecule has 0 saturated heterocycles. The van der Waals surface area contributed by atoms with Crippen molar-refractivity contribution in [3.8, 4) is 6.07 Å². The summed E-state index contributed by atoms with van der Waals surface area (Å²) >= 11 is 0. The van der Waals surface area contributed by atoms with Crippen molar-refractivity contribution in [2.24, 2.45) is 5.92 Å². The Balaban J connectivity index is 3.85. The Morgan fingerprint density at radius 3 is 2.29 bits per heavy atom. The summed E-state index contributed by atoms with van der Waals surface area (Å²) in [4.78, 5) is 2.41. The minimum absolute atomic E-state index is 0.152. The van der Waals surface area contributed by atoms with Crippen LogP contribution in [0.25, 0.3) is 0 Å². The average molecular weight is 196 g/mol. The van der Waals surface area contributed by atoms with Crippen molar-refractivity contribution >= 4 is 0 Å². The molecule has 0 aliphatic heterocycles. The van der Waals surface area contributed by atoms with Gasteiger partial charge in [0.2, 0.25) is 0 Å². The summed E-state index contributed by atoms with van der Waals surface area (Å²) in [5.74, 6) is 0.152. The van der Waals surface area contributed by atoms with E-state index in [9.17, 15) is 0 Å². The van der Waals surface area contributed by atoms with Gasteiger partial charge < -0.3 is 0 Å². The van der Waals surface area contributed by atoms with Gasteiger partial charge in [0.15, 0.2) is 0 Å². The minimum Gasteiger partial charge on any atom is -0.300 e. The van der Waals surface area contributed by atoms with Gasteiger partial charge in [-0.05, 0) is 33.7 Å². The van der Waals surface area contributed by atoms with Crippen molar-refractivity contribution in [2.75, 3.05) is 13.1 Å². The van der Waals surface area contributed by atoms with Crippen LogP contribution in [0.5, 0.6) is 0 Å². The number of hydrogen-bond donors (Lipinski definition) is 0. The first-order valence-electron chi connectivity index (χ1n) is 5.75. The molecule has 0 saturated carbocycles. The van der Waals surface area contributed by atoms with Gasteiger partial charge in [0.05, 0.1) is 12.0 Å². The van der Waals surface area contributed by atoms with E-state index in [2.05, 4.69) is 31.7 Å². The Morgan fingerprint density at radius 2 is 1.86 bits per heavy atom. The van der Waals surface area contributed by atoms with Crippen LogP contribution < -0.4 is 0 Å². The SMILES string of the molecule is CCCCCN(CC(C)C#N)C(C)C. The first-order valence-corrected chi connectivity index (χ1v) is 5.75. The molecule has 82 valence electrons. The Hall–Kier alpha value is -0.550. The molecule has 0 fully saturated rings. The zero-order valence-electron chi connectivity index (χ0n) is 10.1. The van der Waals surface area contributed by atoms with Gasteiger partial charge in [-0.3, -0.25) is 4.90 Å². The number of hydrogen-bond acceptors (Lipinski definition) is 2. The van der Waals surface area contributed by atoms with Gasteiger partial charge in [0, 0.05) is 12.6 Å². The van der Waals surface area contributed by atoms with E-state index < -0.39 is 0 Å². The summed E-state index contributed by atoms with van der Waals surface area (Å²) in [6.45, 7) is 10.7. The Labute approximate surface area is 88.9 Å². The van der Waals surface area contributed by atoms with E-state index in [0.29, 0.717) is 6.04 Å². The number of nitrogens with zero attached hydrogens (tertiary/aromatic N) is 2. The maximum absolute atomic E-state index is 8.76. The molecule has 0 heterocycles. The largest absolute Gasteiger partial charge is 0.300 e. The van der Waals surface area contributed by atoms with Crippen molar-refractivity contribution in [2.45, 2.75) is 53.0 Å². The molecule has 0 N–H and O–H groups in total. The predicted molar refractivity (Wildman–Crippen MR) is 61.0 cm³/mol. The fraction of sp³-hybridized carbons (Fsp3) is 0.917. The second kappa shape index (κ2) is 7.82. The van der Waals surface area contributed by atoms with E-state index in [4.69, 9.17) is 5.26 Å². The van der Waals surface area contributed by atoms with Crippen LogP contribution in [0.15, 0.2) is 0 Å². The third-order valence-corrected chi connectivity index (χ3v) is 2.51. The zero-order chi connectivity index (χ0) is 11.0. The lowest BCUT2D eigenvalue weighted by atomic mass is 10.1. The molecule has 1 unspecified atom stereocenters. The fourth-order valence-corrected chi connectivity index (χ4v) is 1.52. The summed E-state index contributed by atoms with van der Waals surface area (Å²) in [5, 5.41) is 8.76. The van der Waals surface area contributed by atoms with E-state index >= 15 is 0 Å². The van der Waals surface area contributed by atoms with E-state index in [1.807, 2.05) is 6.92 Å². The van der Waals surface area contributed by atoms with Crippen LogP contribution in [0, 0.1) is 17.2 Å². The molecule has 0 aliphatic carbocycles. The van der Waals surface area contributed by atoms with Gasteiger partial charge in [-0.2, -0.15) is 5.26 Å². The van der Waals surface area contributed by atoms with Crippen LogP contribution in [0.2, 0.25) is 0 Å². The summed E-state index contributed by atoms with van der Waals surface area (Å²) in [7, 11) is 0. The minimum atomic E-state index is 0.152. The highest BCUT2D eigenvalue weighted by Crippen LogP contribution is 2.06. The topological polar surface area (TPSA) is 27.0 Å². The molecule has 0 aromatic carbocycles. The first-order chi connectivity index (χ1) is 6.61. The quantitative estimate of drug-likeness (QED) is 0.585. The smallest absolute Gasteiger partial charge is 0.0666 e. The third-order valence-electron chi connectivity index (χ3n) is 2.51. The van der Waals surface area contributed by atoms with Gasteiger partial charge in [0.25, 0.3) is 0 Å². The molecular formula is C12H24N2.